The van der Waals surface area contributed by atoms with E-state index in [1.54, 1.807) is 10.8 Å². The first-order valence-corrected chi connectivity index (χ1v) is 6.96. The van der Waals surface area contributed by atoms with Gasteiger partial charge in [0.2, 0.25) is 5.88 Å². The number of hydrogen-bond donors (Lipinski definition) is 1. The molecule has 1 N–H and O–H groups in total. The summed E-state index contributed by atoms with van der Waals surface area (Å²) in [6.07, 6.45) is 1.76. The summed E-state index contributed by atoms with van der Waals surface area (Å²) in [5, 5.41) is 11.3. The van der Waals surface area contributed by atoms with Gasteiger partial charge in [-0.25, -0.2) is 0 Å². The van der Waals surface area contributed by atoms with Crippen LogP contribution in [0.15, 0.2) is 47.5 Å². The van der Waals surface area contributed by atoms with Crippen molar-refractivity contribution in [2.24, 2.45) is 12.0 Å². The molecule has 1 aromatic heterocycles. The number of para-hydroxylation sites is 2. The Bertz CT molecular complexity index is 824. The molecule has 0 spiro atoms. The number of rotatable bonds is 2. The van der Waals surface area contributed by atoms with E-state index in [1.807, 2.05) is 63.4 Å². The summed E-state index contributed by atoms with van der Waals surface area (Å²) in [6, 6.07) is 14.0. The van der Waals surface area contributed by atoms with Crippen LogP contribution < -0.4 is 0 Å². The molecular formula is C18H18N2O. The van der Waals surface area contributed by atoms with Crippen LogP contribution in [0.1, 0.15) is 16.7 Å². The molecule has 0 fully saturated rings. The first kappa shape index (κ1) is 13.4. The molecular weight excluding hydrogens is 260 g/mol. The van der Waals surface area contributed by atoms with Crippen LogP contribution >= 0.6 is 0 Å². The van der Waals surface area contributed by atoms with E-state index in [0.717, 1.165) is 33.3 Å². The van der Waals surface area contributed by atoms with E-state index < -0.39 is 0 Å². The van der Waals surface area contributed by atoms with E-state index in [2.05, 4.69) is 4.99 Å². The fourth-order valence-corrected chi connectivity index (χ4v) is 2.67. The zero-order chi connectivity index (χ0) is 15.0. The van der Waals surface area contributed by atoms with Gasteiger partial charge in [0.05, 0.1) is 16.8 Å². The molecule has 0 bridgehead atoms. The van der Waals surface area contributed by atoms with Gasteiger partial charge in [-0.05, 0) is 31.0 Å². The Labute approximate surface area is 124 Å². The third kappa shape index (κ3) is 2.21. The summed E-state index contributed by atoms with van der Waals surface area (Å²) in [5.41, 5.74) is 4.98. The summed E-state index contributed by atoms with van der Waals surface area (Å²) >= 11 is 0. The minimum absolute atomic E-state index is 0.242. The van der Waals surface area contributed by atoms with Crippen molar-refractivity contribution < 1.29 is 5.11 Å². The molecule has 3 aromatic rings. The predicted octanol–water partition coefficient (Wildman–Crippen LogP) is 4.25. The number of aromatic nitrogens is 1. The second-order valence-corrected chi connectivity index (χ2v) is 5.31. The molecule has 0 radical (unpaired) electrons. The average molecular weight is 278 g/mol. The standard InChI is InChI=1S/C18H18N2O/c1-12-7-6-8-13(2)17(12)19-11-15-14-9-4-5-10-16(14)20(3)18(15)21/h4-11,21H,1-3H3. The van der Waals surface area contributed by atoms with Gasteiger partial charge in [-0.1, -0.05) is 36.4 Å². The number of fused-ring (bicyclic) bond motifs is 1. The highest BCUT2D eigenvalue weighted by Crippen LogP contribution is 2.30. The van der Waals surface area contributed by atoms with E-state index in [-0.39, 0.29) is 5.88 Å². The maximum absolute atomic E-state index is 10.3. The van der Waals surface area contributed by atoms with Gasteiger partial charge in [0.1, 0.15) is 0 Å². The zero-order valence-electron chi connectivity index (χ0n) is 12.5. The first-order valence-electron chi connectivity index (χ1n) is 6.96. The Balaban J connectivity index is 2.14. The van der Waals surface area contributed by atoms with E-state index >= 15 is 0 Å². The summed E-state index contributed by atoms with van der Waals surface area (Å²) in [4.78, 5) is 4.60. The molecule has 1 heterocycles. The van der Waals surface area contributed by atoms with Crippen molar-refractivity contribution in [3.05, 3.63) is 59.2 Å². The maximum atomic E-state index is 10.3. The van der Waals surface area contributed by atoms with Gasteiger partial charge in [0, 0.05) is 18.6 Å². The highest BCUT2D eigenvalue weighted by Gasteiger charge is 2.12. The lowest BCUT2D eigenvalue weighted by Crippen LogP contribution is -1.86. The van der Waals surface area contributed by atoms with Gasteiger partial charge in [0.15, 0.2) is 0 Å². The number of aliphatic imine (C=N–C) groups is 1. The van der Waals surface area contributed by atoms with E-state index in [4.69, 9.17) is 0 Å². The molecule has 3 heteroatoms. The summed E-state index contributed by atoms with van der Waals surface area (Å²) in [7, 11) is 1.86. The largest absolute Gasteiger partial charge is 0.494 e. The molecule has 3 nitrogen and oxygen atoms in total. The third-order valence-corrected chi connectivity index (χ3v) is 3.88. The van der Waals surface area contributed by atoms with E-state index in [0.29, 0.717) is 0 Å². The molecule has 21 heavy (non-hydrogen) atoms. The maximum Gasteiger partial charge on any atom is 0.200 e. The minimum atomic E-state index is 0.242. The predicted molar refractivity (Wildman–Crippen MR) is 87.8 cm³/mol. The molecule has 2 aromatic carbocycles. The van der Waals surface area contributed by atoms with Crippen LogP contribution in [0, 0.1) is 13.8 Å². The van der Waals surface area contributed by atoms with Gasteiger partial charge < -0.3 is 9.67 Å². The van der Waals surface area contributed by atoms with Gasteiger partial charge in [-0.3, -0.25) is 4.99 Å². The summed E-state index contributed by atoms with van der Waals surface area (Å²) in [5.74, 6) is 0.242. The van der Waals surface area contributed by atoms with Crippen LogP contribution in [-0.4, -0.2) is 15.9 Å². The Morgan fingerprint density at radius 2 is 1.67 bits per heavy atom. The third-order valence-electron chi connectivity index (χ3n) is 3.88. The Hall–Kier alpha value is -2.55. The number of aryl methyl sites for hydroxylation is 3. The lowest BCUT2D eigenvalue weighted by molar-refractivity contribution is 0.434. The molecule has 3 rings (SSSR count). The Morgan fingerprint density at radius 1 is 1.00 bits per heavy atom. The Morgan fingerprint density at radius 3 is 2.38 bits per heavy atom. The van der Waals surface area contributed by atoms with Crippen molar-refractivity contribution in [2.45, 2.75) is 13.8 Å². The van der Waals surface area contributed by atoms with Crippen molar-refractivity contribution in [3.63, 3.8) is 0 Å². The molecule has 0 aliphatic carbocycles. The monoisotopic (exact) mass is 278 g/mol. The van der Waals surface area contributed by atoms with Crippen LogP contribution in [0.4, 0.5) is 5.69 Å². The smallest absolute Gasteiger partial charge is 0.200 e. The fourth-order valence-electron chi connectivity index (χ4n) is 2.67. The summed E-state index contributed by atoms with van der Waals surface area (Å²) in [6.45, 7) is 4.09. The molecule has 0 unspecified atom stereocenters. The van der Waals surface area contributed by atoms with Gasteiger partial charge >= 0.3 is 0 Å². The van der Waals surface area contributed by atoms with Gasteiger partial charge in [-0.15, -0.1) is 0 Å². The van der Waals surface area contributed by atoms with Crippen molar-refractivity contribution in [2.75, 3.05) is 0 Å². The van der Waals surface area contributed by atoms with E-state index in [1.165, 1.54) is 0 Å². The van der Waals surface area contributed by atoms with Gasteiger partial charge in [-0.2, -0.15) is 0 Å². The van der Waals surface area contributed by atoms with Crippen LogP contribution in [0.25, 0.3) is 10.9 Å². The van der Waals surface area contributed by atoms with E-state index in [9.17, 15) is 5.11 Å². The molecule has 0 aliphatic rings. The average Bonchev–Trinajstić information content (AvgIpc) is 2.72. The van der Waals surface area contributed by atoms with Crippen molar-refractivity contribution >= 4 is 22.8 Å². The lowest BCUT2D eigenvalue weighted by atomic mass is 10.1. The highest BCUT2D eigenvalue weighted by molar-refractivity contribution is 6.03. The number of benzene rings is 2. The molecule has 0 aliphatic heterocycles. The van der Waals surface area contributed by atoms with Crippen LogP contribution in [0.2, 0.25) is 0 Å². The normalized spacial score (nSPS) is 11.6. The van der Waals surface area contributed by atoms with Crippen LogP contribution in [0.5, 0.6) is 5.88 Å². The summed E-state index contributed by atoms with van der Waals surface area (Å²) < 4.78 is 1.78. The Kier molecular flexibility index (Phi) is 3.26. The fraction of sp³-hybridized carbons (Fsp3) is 0.167. The SMILES string of the molecule is Cc1cccc(C)c1N=Cc1c(O)n(C)c2ccccc12. The van der Waals surface area contributed by atoms with Crippen LogP contribution in [0.3, 0.4) is 0 Å². The van der Waals surface area contributed by atoms with Gasteiger partial charge in [0.25, 0.3) is 0 Å². The molecule has 106 valence electrons. The zero-order valence-corrected chi connectivity index (χ0v) is 12.5. The first-order chi connectivity index (χ1) is 10.1. The highest BCUT2D eigenvalue weighted by atomic mass is 16.3. The second kappa shape index (κ2) is 5.09. The van der Waals surface area contributed by atoms with Crippen molar-refractivity contribution in [1.82, 2.24) is 4.57 Å². The molecule has 0 saturated carbocycles. The molecule has 0 amide bonds. The van der Waals surface area contributed by atoms with Crippen molar-refractivity contribution in [1.29, 1.82) is 0 Å². The minimum Gasteiger partial charge on any atom is -0.494 e. The number of nitrogens with zero attached hydrogens (tertiary/aromatic N) is 2. The number of hydrogen-bond acceptors (Lipinski definition) is 2. The topological polar surface area (TPSA) is 37.5 Å². The molecule has 0 saturated heterocycles. The lowest BCUT2D eigenvalue weighted by Gasteiger charge is -2.03. The van der Waals surface area contributed by atoms with Crippen molar-refractivity contribution in [3.8, 4) is 5.88 Å². The molecule has 0 atom stereocenters. The van der Waals surface area contributed by atoms with Crippen LogP contribution in [-0.2, 0) is 7.05 Å². The second-order valence-electron chi connectivity index (χ2n) is 5.31. The quantitative estimate of drug-likeness (QED) is 0.699. The number of aromatic hydroxyl groups is 1.